The monoisotopic (exact) mass is 1170 g/mol. The lowest BCUT2D eigenvalue weighted by atomic mass is 9.97. The summed E-state index contributed by atoms with van der Waals surface area (Å²) in [7, 11) is 0. The Labute approximate surface area is 477 Å². The number of rotatable bonds is 42. The quantitative estimate of drug-likeness (QED) is 0.0270. The molecule has 9 amide bonds. The van der Waals surface area contributed by atoms with Crippen LogP contribution in [0.2, 0.25) is 0 Å². The Morgan fingerprint density at radius 2 is 0.915 bits per heavy atom. The Morgan fingerprint density at radius 1 is 0.500 bits per heavy atom. The fourth-order valence-electron chi connectivity index (χ4n) is 8.84. The van der Waals surface area contributed by atoms with Crippen LogP contribution in [-0.2, 0) is 62.3 Å². The van der Waals surface area contributed by atoms with Gasteiger partial charge in [0.1, 0.15) is 54.4 Å². The lowest BCUT2D eigenvalue weighted by molar-refractivity contribution is -0.143. The van der Waals surface area contributed by atoms with Gasteiger partial charge < -0.3 is 90.8 Å². The highest BCUT2D eigenvalue weighted by atomic mass is 16.4. The molecule has 0 unspecified atom stereocenters. The lowest BCUT2D eigenvalue weighted by Gasteiger charge is -2.31. The lowest BCUT2D eigenvalue weighted by Crippen LogP contribution is -2.61. The Balaban J connectivity index is 3.40. The molecule has 1 fully saturated rings. The molecule has 1 heterocycles. The number of carboxylic acid groups (broad SMARTS) is 4. The Kier molecular flexibility index (Phi) is 34.4. The Morgan fingerprint density at radius 3 is 1.34 bits per heavy atom. The summed E-state index contributed by atoms with van der Waals surface area (Å²) in [5.74, 6) is -14.0. The highest BCUT2D eigenvalue weighted by Crippen LogP contribution is 2.20. The zero-order valence-electron chi connectivity index (χ0n) is 47.8. The van der Waals surface area contributed by atoms with E-state index < -0.39 is 175 Å². The predicted octanol–water partition coefficient (Wildman–Crippen LogP) is -3.03. The van der Waals surface area contributed by atoms with Gasteiger partial charge in [-0.2, -0.15) is 0 Å². The minimum atomic E-state index is -1.58. The van der Waals surface area contributed by atoms with Crippen LogP contribution in [0.3, 0.4) is 0 Å². The normalized spacial score (nSPS) is 16.7. The van der Waals surface area contributed by atoms with Gasteiger partial charge in [-0.15, -0.1) is 0 Å². The van der Waals surface area contributed by atoms with Gasteiger partial charge in [-0.25, -0.2) is 4.79 Å². The molecule has 30 nitrogen and oxygen atoms in total. The maximum atomic E-state index is 14.2. The molecule has 0 aromatic carbocycles. The summed E-state index contributed by atoms with van der Waals surface area (Å²) in [6.45, 7) is 8.98. The van der Waals surface area contributed by atoms with E-state index in [1.54, 1.807) is 27.7 Å². The molecule has 1 saturated heterocycles. The van der Waals surface area contributed by atoms with Gasteiger partial charge in [0.25, 0.3) is 0 Å². The van der Waals surface area contributed by atoms with Crippen molar-refractivity contribution >= 4 is 77.0 Å². The van der Waals surface area contributed by atoms with Crippen molar-refractivity contribution in [2.24, 2.45) is 34.8 Å². The van der Waals surface area contributed by atoms with Gasteiger partial charge in [-0.1, -0.05) is 34.1 Å². The first-order valence-corrected chi connectivity index (χ1v) is 28.1. The number of nitrogens with one attached hydrogen (secondary N) is 8. The van der Waals surface area contributed by atoms with Crippen LogP contribution in [0.15, 0.2) is 0 Å². The summed E-state index contributed by atoms with van der Waals surface area (Å²) in [5, 5.41) is 57.9. The second kappa shape index (κ2) is 38.6. The molecular weight excluding hydrogens is 1080 g/mol. The molecule has 0 radical (unpaired) electrons. The molecular formula is C52H91N13O17. The summed E-state index contributed by atoms with van der Waals surface area (Å²) in [6, 6.07) is -13.8. The first-order valence-electron chi connectivity index (χ1n) is 28.1. The Hall–Kier alpha value is -7.05. The zero-order chi connectivity index (χ0) is 62.2. The number of amides is 9. The highest BCUT2D eigenvalue weighted by Gasteiger charge is 2.40. The van der Waals surface area contributed by atoms with Crippen LogP contribution >= 0.6 is 0 Å². The number of nitrogens with two attached hydrogens (primary N) is 4. The summed E-state index contributed by atoms with van der Waals surface area (Å²) >= 11 is 0. The van der Waals surface area contributed by atoms with Gasteiger partial charge in [0, 0.05) is 19.4 Å². The van der Waals surface area contributed by atoms with Crippen molar-refractivity contribution in [1.82, 2.24) is 47.4 Å². The summed E-state index contributed by atoms with van der Waals surface area (Å²) in [6.07, 6.45) is 0.190. The average Bonchev–Trinajstić information content (AvgIpc) is 4.06. The topological polar surface area (TPSA) is 506 Å². The third kappa shape index (κ3) is 27.1. The molecule has 0 spiro atoms. The summed E-state index contributed by atoms with van der Waals surface area (Å²) in [4.78, 5) is 172. The van der Waals surface area contributed by atoms with Crippen LogP contribution in [0.25, 0.3) is 0 Å². The molecule has 20 N–H and O–H groups in total. The van der Waals surface area contributed by atoms with Gasteiger partial charge in [0.05, 0.1) is 12.5 Å². The maximum Gasteiger partial charge on any atom is 0.326 e. The van der Waals surface area contributed by atoms with Gasteiger partial charge in [0.2, 0.25) is 53.2 Å². The fourth-order valence-corrected chi connectivity index (χ4v) is 8.84. The van der Waals surface area contributed by atoms with Crippen LogP contribution in [0.5, 0.6) is 0 Å². The van der Waals surface area contributed by atoms with Gasteiger partial charge >= 0.3 is 23.9 Å². The number of nitrogens with zero attached hydrogens (tertiary/aromatic N) is 1. The second-order valence-electron chi connectivity index (χ2n) is 21.0. The van der Waals surface area contributed by atoms with Crippen LogP contribution in [0.1, 0.15) is 150 Å². The number of carboxylic acids is 4. The fraction of sp³-hybridized carbons (Fsp3) is 0.750. The number of aliphatic carboxylic acids is 4. The van der Waals surface area contributed by atoms with E-state index in [1.165, 1.54) is 11.8 Å². The molecule has 0 aromatic heterocycles. The highest BCUT2D eigenvalue weighted by molar-refractivity contribution is 5.99. The van der Waals surface area contributed by atoms with E-state index in [4.69, 9.17) is 28.0 Å². The Bertz CT molecular complexity index is 2170. The molecule has 1 aliphatic rings. The summed E-state index contributed by atoms with van der Waals surface area (Å²) in [5.41, 5.74) is 22.6. The van der Waals surface area contributed by atoms with Crippen molar-refractivity contribution in [2.45, 2.75) is 211 Å². The molecule has 0 bridgehead atoms. The van der Waals surface area contributed by atoms with Crippen LogP contribution in [0, 0.1) is 11.8 Å². The van der Waals surface area contributed by atoms with E-state index in [-0.39, 0.29) is 70.6 Å². The van der Waals surface area contributed by atoms with E-state index in [0.717, 1.165) is 0 Å². The molecule has 466 valence electrons. The second-order valence-corrected chi connectivity index (χ2v) is 21.0. The molecule has 0 aromatic rings. The SMILES string of the molecule is CC[C@H](C)[C@H](NC(=O)[C@H](CCCCN)NC(=O)[C@H](CCC(=O)O)NC(=O)[C@H](CC(C)C)NC(=O)[C@@H](N)CC(=O)O)C(=O)N[C@@H](C)C(=O)N1CCC[C@H]1C(=O)N[C@@H](CCCCN)C(=O)N[C@@H](CCC(=O)O)C(=O)N[C@@H](CCCCN)C(=O)O. The molecule has 11 atom stereocenters. The van der Waals surface area contributed by atoms with Crippen molar-refractivity contribution in [2.75, 3.05) is 26.2 Å². The number of carbonyl (C=O) groups excluding carboxylic acids is 9. The minimum Gasteiger partial charge on any atom is -0.481 e. The number of likely N-dealkylation sites (tertiary alicyclic amines) is 1. The first-order chi connectivity index (χ1) is 38.6. The van der Waals surface area contributed by atoms with E-state index >= 15 is 0 Å². The van der Waals surface area contributed by atoms with Crippen molar-refractivity contribution < 1.29 is 82.8 Å². The predicted molar refractivity (Wildman–Crippen MR) is 295 cm³/mol. The largest absolute Gasteiger partial charge is 0.481 e. The number of hydrogen-bond donors (Lipinski definition) is 16. The van der Waals surface area contributed by atoms with Crippen LogP contribution in [-0.4, -0.2) is 189 Å². The smallest absolute Gasteiger partial charge is 0.326 e. The molecule has 0 saturated carbocycles. The van der Waals surface area contributed by atoms with Gasteiger partial charge in [0.15, 0.2) is 0 Å². The van der Waals surface area contributed by atoms with Gasteiger partial charge in [-0.3, -0.25) is 57.5 Å². The van der Waals surface area contributed by atoms with E-state index in [9.17, 15) is 77.6 Å². The third-order valence-corrected chi connectivity index (χ3v) is 13.7. The van der Waals surface area contributed by atoms with E-state index in [0.29, 0.717) is 44.9 Å². The van der Waals surface area contributed by atoms with E-state index in [2.05, 4.69) is 42.5 Å². The number of hydrogen-bond acceptors (Lipinski definition) is 17. The van der Waals surface area contributed by atoms with Gasteiger partial charge in [-0.05, 0) is 128 Å². The third-order valence-electron chi connectivity index (χ3n) is 13.7. The number of carbonyl (C=O) groups is 13. The van der Waals surface area contributed by atoms with Crippen LogP contribution in [0.4, 0.5) is 0 Å². The van der Waals surface area contributed by atoms with Crippen molar-refractivity contribution in [1.29, 1.82) is 0 Å². The van der Waals surface area contributed by atoms with Crippen molar-refractivity contribution in [3.8, 4) is 0 Å². The summed E-state index contributed by atoms with van der Waals surface area (Å²) < 4.78 is 0. The minimum absolute atomic E-state index is 0.00265. The standard InChI is InChI=1S/C52H91N13O17/c1-6-29(4)42(64-47(76)33(15-8-11-23-54)58-45(74)34(18-20-39(66)67)60-48(77)37(26-28(2)3)63-43(72)31(56)27-41(70)71)50(79)57-30(5)51(80)65-25-13-17-38(65)49(78)61-32(14-7-10-22-53)44(73)59-35(19-21-40(68)69)46(75)62-36(52(81)82)16-9-12-24-55/h28-38,42H,6-27,53-56H2,1-5H3,(H,57,79)(H,58,74)(H,59,73)(H,60,77)(H,61,78)(H,62,75)(H,63,72)(H,64,76)(H,66,67)(H,68,69)(H,70,71)(H,81,82)/t29-,30-,31-,32-,33-,34-,35-,36-,37-,38-,42-/m0/s1. The van der Waals surface area contributed by atoms with E-state index in [1.807, 2.05) is 0 Å². The molecule has 0 aliphatic carbocycles. The van der Waals surface area contributed by atoms with Crippen molar-refractivity contribution in [3.63, 3.8) is 0 Å². The zero-order valence-corrected chi connectivity index (χ0v) is 47.8. The molecule has 30 heteroatoms. The average molecular weight is 1170 g/mol. The number of unbranched alkanes of at least 4 members (excludes halogenated alkanes) is 3. The molecule has 1 rings (SSSR count). The molecule has 82 heavy (non-hydrogen) atoms. The maximum absolute atomic E-state index is 14.2. The van der Waals surface area contributed by atoms with Crippen molar-refractivity contribution in [3.05, 3.63) is 0 Å². The first kappa shape index (κ1) is 73.0. The van der Waals surface area contributed by atoms with Crippen LogP contribution < -0.4 is 65.5 Å². The molecule has 1 aliphatic heterocycles.